The molecule has 0 amide bonds. The Labute approximate surface area is 252 Å². The Bertz CT molecular complexity index is 520. The molecule has 1 N–H and O–H groups in total. The second-order valence-corrected chi connectivity index (χ2v) is 15.0. The highest BCUT2D eigenvalue weighted by molar-refractivity contribution is 7.51. The van der Waals surface area contributed by atoms with Gasteiger partial charge in [-0.15, -0.1) is 0 Å². The van der Waals surface area contributed by atoms with Crippen LogP contribution in [0.5, 0.6) is 0 Å². The maximum absolute atomic E-state index is 13.4. The van der Waals surface area contributed by atoms with E-state index >= 15 is 0 Å². The van der Waals surface area contributed by atoms with Gasteiger partial charge in [-0.3, -0.25) is 9.05 Å². The molecule has 0 unspecified atom stereocenters. The topological polar surface area (TPSA) is 47.6 Å². The van der Waals surface area contributed by atoms with Crippen LogP contribution in [0.15, 0.2) is 0 Å². The molecule has 242 valence electrons. The van der Waals surface area contributed by atoms with Crippen LogP contribution in [0, 0.1) is 0 Å². The molecule has 0 aromatic rings. The number of rotatable bonds is 33. The standard InChI is InChI=1S/C34H74N2O3P/c1-6-8-10-12-14-16-18-20-22-24-26-28-33-38-40(37,35-31-30-32-36(3,4)5)39-34-29-27-25-23-21-19-17-15-13-11-9-7-2/h6-34H2,1-5H3,(H,35,37)/q+1. The van der Waals surface area contributed by atoms with E-state index in [-0.39, 0.29) is 0 Å². The third-order valence-electron chi connectivity index (χ3n) is 7.83. The van der Waals surface area contributed by atoms with Gasteiger partial charge in [-0.1, -0.05) is 155 Å². The lowest BCUT2D eigenvalue weighted by atomic mass is 10.1. The molecule has 0 aliphatic heterocycles. The maximum atomic E-state index is 13.4. The number of nitrogens with zero attached hydrogens (tertiary/aromatic N) is 1. The predicted octanol–water partition coefficient (Wildman–Crippen LogP) is 11.2. The van der Waals surface area contributed by atoms with Crippen molar-refractivity contribution < 1.29 is 18.1 Å². The molecule has 0 aliphatic carbocycles. The first kappa shape index (κ1) is 40.1. The lowest BCUT2D eigenvalue weighted by Crippen LogP contribution is -2.36. The molecule has 0 saturated carbocycles. The molecule has 0 radical (unpaired) electrons. The van der Waals surface area contributed by atoms with Gasteiger partial charge in [0.05, 0.1) is 40.9 Å². The largest absolute Gasteiger partial charge is 0.405 e. The quantitative estimate of drug-likeness (QED) is 0.0470. The van der Waals surface area contributed by atoms with Crippen LogP contribution in [-0.4, -0.2) is 51.9 Å². The van der Waals surface area contributed by atoms with Crippen molar-refractivity contribution in [2.45, 2.75) is 174 Å². The van der Waals surface area contributed by atoms with Crippen molar-refractivity contribution in [1.29, 1.82) is 0 Å². The van der Waals surface area contributed by atoms with Crippen LogP contribution >= 0.6 is 7.75 Å². The van der Waals surface area contributed by atoms with E-state index < -0.39 is 7.75 Å². The zero-order valence-corrected chi connectivity index (χ0v) is 29.0. The average molecular weight is 590 g/mol. The highest BCUT2D eigenvalue weighted by atomic mass is 31.2. The molecule has 0 aromatic heterocycles. The van der Waals surface area contributed by atoms with Gasteiger partial charge in [-0.05, 0) is 12.8 Å². The van der Waals surface area contributed by atoms with Crippen molar-refractivity contribution >= 4 is 7.75 Å². The minimum atomic E-state index is -3.22. The van der Waals surface area contributed by atoms with Crippen molar-refractivity contribution in [3.63, 3.8) is 0 Å². The molecular weight excluding hydrogens is 515 g/mol. The minimum absolute atomic E-state index is 0.523. The molecular formula is C34H74N2O3P+. The van der Waals surface area contributed by atoms with Gasteiger partial charge in [-0.2, -0.15) is 0 Å². The van der Waals surface area contributed by atoms with E-state index in [4.69, 9.17) is 9.05 Å². The first-order chi connectivity index (χ1) is 19.3. The smallest absolute Gasteiger partial charge is 0.331 e. The van der Waals surface area contributed by atoms with E-state index in [1.807, 2.05) is 0 Å². The maximum Gasteiger partial charge on any atom is 0.405 e. The van der Waals surface area contributed by atoms with Gasteiger partial charge in [0.1, 0.15) is 0 Å². The Morgan fingerprint density at radius 2 is 0.775 bits per heavy atom. The molecule has 0 rings (SSSR count). The van der Waals surface area contributed by atoms with Gasteiger partial charge in [0.25, 0.3) is 0 Å². The molecule has 0 spiro atoms. The van der Waals surface area contributed by atoms with Crippen molar-refractivity contribution in [1.82, 2.24) is 5.09 Å². The highest BCUT2D eigenvalue weighted by Crippen LogP contribution is 2.44. The van der Waals surface area contributed by atoms with Gasteiger partial charge >= 0.3 is 7.75 Å². The van der Waals surface area contributed by atoms with Gasteiger partial charge in [0.15, 0.2) is 0 Å². The van der Waals surface area contributed by atoms with E-state index in [0.717, 1.165) is 43.1 Å². The van der Waals surface area contributed by atoms with Crippen molar-refractivity contribution in [3.8, 4) is 0 Å². The van der Waals surface area contributed by atoms with Gasteiger partial charge in [0.2, 0.25) is 0 Å². The van der Waals surface area contributed by atoms with Gasteiger partial charge < -0.3 is 4.48 Å². The number of quaternary nitrogens is 1. The fraction of sp³-hybridized carbons (Fsp3) is 1.00. The van der Waals surface area contributed by atoms with E-state index in [1.54, 1.807) is 0 Å². The summed E-state index contributed by atoms with van der Waals surface area (Å²) in [6.07, 6.45) is 32.5. The van der Waals surface area contributed by atoms with E-state index in [1.165, 1.54) is 128 Å². The minimum Gasteiger partial charge on any atom is -0.331 e. The summed E-state index contributed by atoms with van der Waals surface area (Å²) in [5, 5.41) is 3.16. The van der Waals surface area contributed by atoms with Crippen LogP contribution < -0.4 is 5.09 Å². The van der Waals surface area contributed by atoms with Crippen LogP contribution in [0.4, 0.5) is 0 Å². The van der Waals surface area contributed by atoms with E-state index in [2.05, 4.69) is 40.1 Å². The van der Waals surface area contributed by atoms with Crippen LogP contribution in [0.2, 0.25) is 0 Å². The zero-order chi connectivity index (χ0) is 29.6. The van der Waals surface area contributed by atoms with Crippen LogP contribution in [0.25, 0.3) is 0 Å². The molecule has 40 heavy (non-hydrogen) atoms. The molecule has 0 heterocycles. The molecule has 0 saturated heterocycles. The van der Waals surface area contributed by atoms with Crippen molar-refractivity contribution in [3.05, 3.63) is 0 Å². The summed E-state index contributed by atoms with van der Waals surface area (Å²) < 4.78 is 26.0. The monoisotopic (exact) mass is 590 g/mol. The first-order valence-electron chi connectivity index (χ1n) is 17.8. The lowest BCUT2D eigenvalue weighted by Gasteiger charge is -2.24. The fourth-order valence-electron chi connectivity index (χ4n) is 5.15. The Hall–Kier alpha value is 0.0700. The van der Waals surface area contributed by atoms with Crippen LogP contribution in [0.3, 0.4) is 0 Å². The summed E-state index contributed by atoms with van der Waals surface area (Å²) in [6, 6.07) is 0. The molecule has 0 fully saturated rings. The number of hydrogen-bond acceptors (Lipinski definition) is 3. The number of nitrogens with one attached hydrogen (secondary N) is 1. The Morgan fingerprint density at radius 1 is 0.475 bits per heavy atom. The summed E-state index contributed by atoms with van der Waals surface area (Å²) in [5.41, 5.74) is 0. The summed E-state index contributed by atoms with van der Waals surface area (Å²) in [5.74, 6) is 0. The van der Waals surface area contributed by atoms with Gasteiger partial charge in [0, 0.05) is 13.0 Å². The Kier molecular flexibility index (Phi) is 29.2. The van der Waals surface area contributed by atoms with Crippen molar-refractivity contribution in [2.24, 2.45) is 0 Å². The fourth-order valence-corrected chi connectivity index (χ4v) is 6.58. The third kappa shape index (κ3) is 31.0. The second kappa shape index (κ2) is 29.2. The summed E-state index contributed by atoms with van der Waals surface area (Å²) in [7, 11) is 3.34. The van der Waals surface area contributed by atoms with Crippen LogP contribution in [0.1, 0.15) is 174 Å². The second-order valence-electron chi connectivity index (χ2n) is 13.2. The lowest BCUT2D eigenvalue weighted by molar-refractivity contribution is -0.870. The average Bonchev–Trinajstić information content (AvgIpc) is 2.91. The van der Waals surface area contributed by atoms with Crippen molar-refractivity contribution in [2.75, 3.05) is 47.4 Å². The molecule has 5 nitrogen and oxygen atoms in total. The van der Waals surface area contributed by atoms with Gasteiger partial charge in [-0.25, -0.2) is 9.65 Å². The SMILES string of the molecule is CCCCCCCCCCCCCCOP(=O)(NCCC[N+](C)(C)C)OCCCCCCCCCCCCCC. The number of unbranched alkanes of at least 4 members (excludes halogenated alkanes) is 22. The summed E-state index contributed by atoms with van der Waals surface area (Å²) in [4.78, 5) is 0. The molecule has 0 aromatic carbocycles. The van der Waals surface area contributed by atoms with E-state index in [9.17, 15) is 4.57 Å². The normalized spacial score (nSPS) is 12.4. The Morgan fingerprint density at radius 3 is 1.07 bits per heavy atom. The molecule has 0 bridgehead atoms. The highest BCUT2D eigenvalue weighted by Gasteiger charge is 2.24. The molecule has 6 heteroatoms. The molecule has 0 aliphatic rings. The summed E-state index contributed by atoms with van der Waals surface area (Å²) >= 11 is 0. The first-order valence-corrected chi connectivity index (χ1v) is 19.3. The zero-order valence-electron chi connectivity index (χ0n) is 28.1. The third-order valence-corrected chi connectivity index (χ3v) is 9.49. The number of hydrogen-bond donors (Lipinski definition) is 1. The Balaban J connectivity index is 3.98. The molecule has 0 atom stereocenters. The van der Waals surface area contributed by atoms with Crippen LogP contribution in [-0.2, 0) is 13.6 Å². The predicted molar refractivity (Wildman–Crippen MR) is 177 cm³/mol. The van der Waals surface area contributed by atoms with E-state index in [0.29, 0.717) is 19.8 Å². The summed E-state index contributed by atoms with van der Waals surface area (Å²) in [6.45, 7) is 7.31.